The maximum Gasteiger partial charge on any atom is 0.262 e. The number of sulfonamides is 1. The number of nitrogens with zero attached hydrogens (tertiary/aromatic N) is 1. The SMILES string of the molecule is CCOc1ccc(S(=O)(=O)Nc2ccnc(C)c2)cc1F. The van der Waals surface area contributed by atoms with E-state index in [0.717, 1.165) is 6.07 Å². The van der Waals surface area contributed by atoms with Gasteiger partial charge in [0.1, 0.15) is 0 Å². The van der Waals surface area contributed by atoms with Gasteiger partial charge < -0.3 is 4.74 Å². The Bertz CT molecular complexity index is 748. The van der Waals surface area contributed by atoms with Crippen LogP contribution in [0.5, 0.6) is 5.75 Å². The zero-order chi connectivity index (χ0) is 15.5. The Balaban J connectivity index is 2.29. The van der Waals surface area contributed by atoms with Crippen molar-refractivity contribution >= 4 is 15.7 Å². The largest absolute Gasteiger partial charge is 0.491 e. The van der Waals surface area contributed by atoms with Gasteiger partial charge in [-0.05, 0) is 44.2 Å². The number of aryl methyl sites for hydroxylation is 1. The molecule has 1 N–H and O–H groups in total. The fourth-order valence-corrected chi connectivity index (χ4v) is 2.81. The van der Waals surface area contributed by atoms with E-state index in [1.807, 2.05) is 0 Å². The van der Waals surface area contributed by atoms with Crippen LogP contribution < -0.4 is 9.46 Å². The van der Waals surface area contributed by atoms with Crippen LogP contribution >= 0.6 is 0 Å². The van der Waals surface area contributed by atoms with Crippen LogP contribution in [0.1, 0.15) is 12.6 Å². The molecule has 1 aromatic heterocycles. The highest BCUT2D eigenvalue weighted by molar-refractivity contribution is 7.92. The molecule has 5 nitrogen and oxygen atoms in total. The standard InChI is InChI=1S/C14H15FN2O3S/c1-3-20-14-5-4-12(9-13(14)15)21(18,19)17-11-6-7-16-10(2)8-11/h4-9H,3H2,1-2H3,(H,16,17). The van der Waals surface area contributed by atoms with E-state index in [0.29, 0.717) is 18.0 Å². The van der Waals surface area contributed by atoms with Gasteiger partial charge in [-0.25, -0.2) is 12.8 Å². The van der Waals surface area contributed by atoms with Gasteiger partial charge in [-0.3, -0.25) is 9.71 Å². The van der Waals surface area contributed by atoms with Gasteiger partial charge in [0.05, 0.1) is 17.2 Å². The summed E-state index contributed by atoms with van der Waals surface area (Å²) in [6.07, 6.45) is 1.49. The molecule has 2 aromatic rings. The van der Waals surface area contributed by atoms with Crippen LogP contribution in [0.15, 0.2) is 41.4 Å². The summed E-state index contributed by atoms with van der Waals surface area (Å²) in [5, 5.41) is 0. The molecule has 0 bridgehead atoms. The third-order valence-electron chi connectivity index (χ3n) is 2.66. The normalized spacial score (nSPS) is 11.2. The second-order valence-corrected chi connectivity index (χ2v) is 6.00. The Hall–Kier alpha value is -2.15. The first-order chi connectivity index (χ1) is 9.92. The average Bonchev–Trinajstić information content (AvgIpc) is 2.40. The van der Waals surface area contributed by atoms with E-state index in [1.54, 1.807) is 19.9 Å². The van der Waals surface area contributed by atoms with Gasteiger partial charge in [0, 0.05) is 11.9 Å². The Morgan fingerprint density at radius 2 is 2.05 bits per heavy atom. The second kappa shape index (κ2) is 6.09. The molecule has 7 heteroatoms. The van der Waals surface area contributed by atoms with Gasteiger partial charge in [0.25, 0.3) is 10.0 Å². The maximum atomic E-state index is 13.7. The molecule has 21 heavy (non-hydrogen) atoms. The number of ether oxygens (including phenoxy) is 1. The summed E-state index contributed by atoms with van der Waals surface area (Å²) in [5.74, 6) is -0.693. The first-order valence-electron chi connectivity index (χ1n) is 6.30. The Morgan fingerprint density at radius 3 is 2.67 bits per heavy atom. The number of hydrogen-bond donors (Lipinski definition) is 1. The summed E-state index contributed by atoms with van der Waals surface area (Å²) in [4.78, 5) is 3.81. The van der Waals surface area contributed by atoms with Crippen molar-refractivity contribution in [3.05, 3.63) is 48.0 Å². The molecule has 2 rings (SSSR count). The molecule has 0 fully saturated rings. The number of aromatic nitrogens is 1. The van der Waals surface area contributed by atoms with Gasteiger partial charge in [-0.15, -0.1) is 0 Å². The molecule has 0 aliphatic heterocycles. The molecule has 0 aliphatic rings. The van der Waals surface area contributed by atoms with Crippen LogP contribution in [0.25, 0.3) is 0 Å². The predicted octanol–water partition coefficient (Wildman–Crippen LogP) is 2.73. The molecule has 0 saturated heterocycles. The first kappa shape index (κ1) is 15.2. The van der Waals surface area contributed by atoms with E-state index in [4.69, 9.17) is 4.74 Å². The van der Waals surface area contributed by atoms with Crippen molar-refractivity contribution in [3.63, 3.8) is 0 Å². The fourth-order valence-electron chi connectivity index (χ4n) is 1.74. The molecule has 1 heterocycles. The van der Waals surface area contributed by atoms with Crippen molar-refractivity contribution < 1.29 is 17.5 Å². The molecule has 0 saturated carbocycles. The second-order valence-electron chi connectivity index (χ2n) is 4.32. The van der Waals surface area contributed by atoms with Crippen LogP contribution in [0, 0.1) is 12.7 Å². The molecule has 0 spiro atoms. The number of halogens is 1. The molecule has 112 valence electrons. The third-order valence-corrected chi connectivity index (χ3v) is 4.04. The monoisotopic (exact) mass is 310 g/mol. The van der Waals surface area contributed by atoms with Crippen LogP contribution in [-0.2, 0) is 10.0 Å². The molecular weight excluding hydrogens is 295 g/mol. The van der Waals surface area contributed by atoms with Crippen LogP contribution in [0.2, 0.25) is 0 Å². The van der Waals surface area contributed by atoms with Gasteiger partial charge in [0.2, 0.25) is 0 Å². The summed E-state index contributed by atoms with van der Waals surface area (Å²) in [5.41, 5.74) is 1.05. The van der Waals surface area contributed by atoms with Crippen LogP contribution in [-0.4, -0.2) is 20.0 Å². The van der Waals surface area contributed by atoms with Crippen LogP contribution in [0.3, 0.4) is 0 Å². The summed E-state index contributed by atoms with van der Waals surface area (Å²) < 4.78 is 45.6. The summed E-state index contributed by atoms with van der Waals surface area (Å²) in [6, 6.07) is 6.63. The van der Waals surface area contributed by atoms with E-state index in [2.05, 4.69) is 9.71 Å². The summed E-state index contributed by atoms with van der Waals surface area (Å²) in [7, 11) is -3.86. The van der Waals surface area contributed by atoms with Crippen molar-refractivity contribution in [1.29, 1.82) is 0 Å². The van der Waals surface area contributed by atoms with Crippen molar-refractivity contribution in [3.8, 4) is 5.75 Å². The first-order valence-corrected chi connectivity index (χ1v) is 7.78. The number of anilines is 1. The van der Waals surface area contributed by atoms with E-state index < -0.39 is 15.8 Å². The third kappa shape index (κ3) is 3.69. The lowest BCUT2D eigenvalue weighted by Gasteiger charge is -2.10. The van der Waals surface area contributed by atoms with E-state index in [-0.39, 0.29) is 10.6 Å². The lowest BCUT2D eigenvalue weighted by Crippen LogP contribution is -2.13. The van der Waals surface area contributed by atoms with Gasteiger partial charge >= 0.3 is 0 Å². The summed E-state index contributed by atoms with van der Waals surface area (Å²) >= 11 is 0. The number of pyridine rings is 1. The van der Waals surface area contributed by atoms with Crippen molar-refractivity contribution in [2.75, 3.05) is 11.3 Å². The average molecular weight is 310 g/mol. The fraction of sp³-hybridized carbons (Fsp3) is 0.214. The minimum absolute atomic E-state index is 0.0243. The number of hydrogen-bond acceptors (Lipinski definition) is 4. The Morgan fingerprint density at radius 1 is 1.29 bits per heavy atom. The highest BCUT2D eigenvalue weighted by Gasteiger charge is 2.17. The minimum atomic E-state index is -3.86. The molecular formula is C14H15FN2O3S. The lowest BCUT2D eigenvalue weighted by molar-refractivity contribution is 0.321. The smallest absolute Gasteiger partial charge is 0.262 e. The molecule has 0 unspecified atom stereocenters. The maximum absolute atomic E-state index is 13.7. The number of nitrogens with one attached hydrogen (secondary N) is 1. The quantitative estimate of drug-likeness (QED) is 0.922. The summed E-state index contributed by atoms with van der Waals surface area (Å²) in [6.45, 7) is 3.77. The molecule has 0 atom stereocenters. The van der Waals surface area contributed by atoms with Crippen molar-refractivity contribution in [2.24, 2.45) is 0 Å². The van der Waals surface area contributed by atoms with Gasteiger partial charge in [-0.1, -0.05) is 0 Å². The Kier molecular flexibility index (Phi) is 4.42. The molecule has 0 amide bonds. The zero-order valence-electron chi connectivity index (χ0n) is 11.6. The van der Waals surface area contributed by atoms with Crippen molar-refractivity contribution in [1.82, 2.24) is 4.98 Å². The highest BCUT2D eigenvalue weighted by Crippen LogP contribution is 2.23. The van der Waals surface area contributed by atoms with Crippen LogP contribution in [0.4, 0.5) is 10.1 Å². The highest BCUT2D eigenvalue weighted by atomic mass is 32.2. The topological polar surface area (TPSA) is 68.3 Å². The molecule has 0 aliphatic carbocycles. The molecule has 0 radical (unpaired) electrons. The van der Waals surface area contributed by atoms with Gasteiger partial charge in [-0.2, -0.15) is 0 Å². The van der Waals surface area contributed by atoms with E-state index in [1.165, 1.54) is 24.4 Å². The lowest BCUT2D eigenvalue weighted by atomic mass is 10.3. The minimum Gasteiger partial charge on any atom is -0.491 e. The number of benzene rings is 1. The van der Waals surface area contributed by atoms with Gasteiger partial charge in [0.15, 0.2) is 11.6 Å². The van der Waals surface area contributed by atoms with Crippen molar-refractivity contribution in [2.45, 2.75) is 18.7 Å². The zero-order valence-corrected chi connectivity index (χ0v) is 12.4. The number of rotatable bonds is 5. The van der Waals surface area contributed by atoms with E-state index in [9.17, 15) is 12.8 Å². The Labute approximate surface area is 122 Å². The van der Waals surface area contributed by atoms with E-state index >= 15 is 0 Å². The predicted molar refractivity (Wildman–Crippen MR) is 77.4 cm³/mol. The molecule has 1 aromatic carbocycles.